The number of nitriles is 1. The fourth-order valence-electron chi connectivity index (χ4n) is 4.03. The largest absolute Gasteiger partial charge is 0.419 e. The summed E-state index contributed by atoms with van der Waals surface area (Å²) in [6, 6.07) is 8.60. The molecule has 0 spiro atoms. The predicted molar refractivity (Wildman–Crippen MR) is 112 cm³/mol. The second-order valence-corrected chi connectivity index (χ2v) is 9.69. The molecule has 1 aromatic carbocycles. The van der Waals surface area contributed by atoms with E-state index in [1.54, 1.807) is 24.3 Å². The molecule has 0 saturated carbocycles. The van der Waals surface area contributed by atoms with Gasteiger partial charge in [-0.25, -0.2) is 8.42 Å². The zero-order chi connectivity index (χ0) is 21.2. The van der Waals surface area contributed by atoms with Gasteiger partial charge in [-0.2, -0.15) is 14.6 Å². The monoisotopic (exact) mass is 416 g/mol. The molecule has 156 valence electrons. The Balaban J connectivity index is 1.90. The van der Waals surface area contributed by atoms with Gasteiger partial charge in [0.2, 0.25) is 27.5 Å². The van der Waals surface area contributed by atoms with Crippen molar-refractivity contribution in [1.82, 2.24) is 9.29 Å². The highest BCUT2D eigenvalue weighted by atomic mass is 32.2. The molecule has 8 heteroatoms. The zero-order valence-corrected chi connectivity index (χ0v) is 18.2. The molecule has 0 aliphatic carbocycles. The first kappa shape index (κ1) is 21.3. The first-order chi connectivity index (χ1) is 13.8. The lowest BCUT2D eigenvalue weighted by atomic mass is 9.92. The number of aromatic nitrogens is 1. The summed E-state index contributed by atoms with van der Waals surface area (Å²) in [5.41, 5.74) is 0.908. The summed E-state index contributed by atoms with van der Waals surface area (Å²) in [6.07, 6.45) is 1.15. The second-order valence-electron chi connectivity index (χ2n) is 7.75. The maximum atomic E-state index is 12.7. The van der Waals surface area contributed by atoms with Crippen molar-refractivity contribution < 1.29 is 12.8 Å². The fourth-order valence-corrected chi connectivity index (χ4v) is 5.49. The van der Waals surface area contributed by atoms with Gasteiger partial charge in [0.25, 0.3) is 0 Å². The lowest BCUT2D eigenvalue weighted by Gasteiger charge is -2.34. The summed E-state index contributed by atoms with van der Waals surface area (Å²) in [6.45, 7) is 10.5. The van der Waals surface area contributed by atoms with Crippen molar-refractivity contribution in [3.63, 3.8) is 0 Å². The topological polar surface area (TPSA) is 90.4 Å². The van der Waals surface area contributed by atoms with E-state index in [4.69, 9.17) is 4.42 Å². The third-order valence-electron chi connectivity index (χ3n) is 5.32. The van der Waals surface area contributed by atoms with E-state index in [9.17, 15) is 13.7 Å². The molecule has 1 fully saturated rings. The Morgan fingerprint density at radius 1 is 1.17 bits per heavy atom. The van der Waals surface area contributed by atoms with Gasteiger partial charge < -0.3 is 9.32 Å². The molecule has 3 rings (SSSR count). The molecule has 2 atom stereocenters. The van der Waals surface area contributed by atoms with E-state index in [2.05, 4.69) is 29.8 Å². The van der Waals surface area contributed by atoms with E-state index in [1.807, 2.05) is 13.8 Å². The minimum absolute atomic E-state index is 0.232. The smallest absolute Gasteiger partial charge is 0.243 e. The number of piperidine rings is 1. The van der Waals surface area contributed by atoms with E-state index in [1.165, 1.54) is 4.31 Å². The van der Waals surface area contributed by atoms with Crippen LogP contribution < -0.4 is 4.90 Å². The predicted octanol–water partition coefficient (Wildman–Crippen LogP) is 3.73. The van der Waals surface area contributed by atoms with Crippen LogP contribution in [0.2, 0.25) is 0 Å². The van der Waals surface area contributed by atoms with Crippen LogP contribution in [0, 0.1) is 23.2 Å². The summed E-state index contributed by atoms with van der Waals surface area (Å²) < 4.78 is 32.7. The maximum absolute atomic E-state index is 12.7. The van der Waals surface area contributed by atoms with Gasteiger partial charge in [-0.1, -0.05) is 27.7 Å². The molecule has 7 nitrogen and oxygen atoms in total. The van der Waals surface area contributed by atoms with Gasteiger partial charge in [0.05, 0.1) is 4.90 Å². The summed E-state index contributed by atoms with van der Waals surface area (Å²) in [7, 11) is -3.52. The molecule has 0 amide bonds. The van der Waals surface area contributed by atoms with Gasteiger partial charge >= 0.3 is 0 Å². The van der Waals surface area contributed by atoms with Crippen molar-refractivity contribution in [2.24, 2.45) is 11.8 Å². The Bertz CT molecular complexity index is 978. The van der Waals surface area contributed by atoms with Gasteiger partial charge in [0.1, 0.15) is 6.07 Å². The minimum Gasteiger partial charge on any atom is -0.419 e. The molecule has 1 aliphatic heterocycles. The Hall–Kier alpha value is -2.37. The SMILES string of the molecule is CCN(CC)S(=O)(=O)c1ccc(-c2nc(C#N)c(N3C[C@H](C)C[C@@H](C)C3)o2)cc1. The number of oxazole rings is 1. The highest BCUT2D eigenvalue weighted by molar-refractivity contribution is 7.89. The van der Waals surface area contributed by atoms with Gasteiger partial charge in [0, 0.05) is 31.7 Å². The molecule has 1 aliphatic rings. The van der Waals surface area contributed by atoms with Crippen molar-refractivity contribution in [2.75, 3.05) is 31.1 Å². The molecule has 1 aromatic heterocycles. The highest BCUT2D eigenvalue weighted by Gasteiger charge is 2.28. The summed E-state index contributed by atoms with van der Waals surface area (Å²) in [4.78, 5) is 6.68. The molecule has 0 radical (unpaired) electrons. The standard InChI is InChI=1S/C21H28N4O3S/c1-5-25(6-2)29(26,27)18-9-7-17(8-10-18)20-23-19(12-22)21(28-20)24-13-15(3)11-16(4)14-24/h7-10,15-16H,5-6,11,13-14H2,1-4H3/t15-,16-/m1/s1. The van der Waals surface area contributed by atoms with Crippen LogP contribution in [0.15, 0.2) is 33.6 Å². The third kappa shape index (κ3) is 4.31. The highest BCUT2D eigenvalue weighted by Crippen LogP contribution is 2.33. The van der Waals surface area contributed by atoms with Crippen molar-refractivity contribution in [3.05, 3.63) is 30.0 Å². The quantitative estimate of drug-likeness (QED) is 0.713. The van der Waals surface area contributed by atoms with Gasteiger partial charge in [-0.3, -0.25) is 0 Å². The normalized spacial score (nSPS) is 20.1. The Labute approximate surface area is 173 Å². The second kappa shape index (κ2) is 8.56. The van der Waals surface area contributed by atoms with Gasteiger partial charge in [-0.15, -0.1) is 0 Å². The number of hydrogen-bond donors (Lipinski definition) is 0. The van der Waals surface area contributed by atoms with Crippen LogP contribution in [0.5, 0.6) is 0 Å². The number of sulfonamides is 1. The zero-order valence-electron chi connectivity index (χ0n) is 17.4. The Morgan fingerprint density at radius 2 is 1.76 bits per heavy atom. The maximum Gasteiger partial charge on any atom is 0.243 e. The summed E-state index contributed by atoms with van der Waals surface area (Å²) in [5.74, 6) is 1.86. The van der Waals surface area contributed by atoms with E-state index in [0.29, 0.717) is 42.3 Å². The number of hydrogen-bond acceptors (Lipinski definition) is 6. The number of benzene rings is 1. The third-order valence-corrected chi connectivity index (χ3v) is 7.38. The lowest BCUT2D eigenvalue weighted by molar-refractivity contribution is 0.344. The first-order valence-corrected chi connectivity index (χ1v) is 11.5. The number of anilines is 1. The van der Waals surface area contributed by atoms with Crippen LogP contribution in [-0.4, -0.2) is 43.9 Å². The van der Waals surface area contributed by atoms with E-state index < -0.39 is 10.0 Å². The van der Waals surface area contributed by atoms with Gasteiger partial charge in [0.15, 0.2) is 0 Å². The molecule has 2 heterocycles. The van der Waals surface area contributed by atoms with Crippen molar-refractivity contribution >= 4 is 15.9 Å². The molecule has 0 unspecified atom stereocenters. The Morgan fingerprint density at radius 3 is 2.28 bits per heavy atom. The molecule has 2 aromatic rings. The van der Waals surface area contributed by atoms with Crippen molar-refractivity contribution in [2.45, 2.75) is 39.0 Å². The molecular weight excluding hydrogens is 388 g/mol. The average Bonchev–Trinajstić information content (AvgIpc) is 3.12. The summed E-state index contributed by atoms with van der Waals surface area (Å²) in [5, 5.41) is 9.52. The van der Waals surface area contributed by atoms with Crippen LogP contribution >= 0.6 is 0 Å². The molecular formula is C21H28N4O3S. The number of rotatable bonds is 6. The average molecular weight is 417 g/mol. The van der Waals surface area contributed by atoms with Crippen LogP contribution in [0.4, 0.5) is 5.88 Å². The van der Waals surface area contributed by atoms with Crippen molar-refractivity contribution in [3.8, 4) is 17.5 Å². The van der Waals surface area contributed by atoms with E-state index >= 15 is 0 Å². The lowest BCUT2D eigenvalue weighted by Crippen LogP contribution is -2.38. The van der Waals surface area contributed by atoms with Crippen LogP contribution in [-0.2, 0) is 10.0 Å². The molecule has 29 heavy (non-hydrogen) atoms. The van der Waals surface area contributed by atoms with E-state index in [0.717, 1.165) is 19.5 Å². The van der Waals surface area contributed by atoms with Gasteiger partial charge in [-0.05, 0) is 42.5 Å². The first-order valence-electron chi connectivity index (χ1n) is 10.1. The Kier molecular flexibility index (Phi) is 6.30. The molecule has 0 bridgehead atoms. The van der Waals surface area contributed by atoms with Crippen LogP contribution in [0.3, 0.4) is 0 Å². The van der Waals surface area contributed by atoms with Crippen LogP contribution in [0.25, 0.3) is 11.5 Å². The summed E-state index contributed by atoms with van der Waals surface area (Å²) >= 11 is 0. The fraction of sp³-hybridized carbons (Fsp3) is 0.524. The van der Waals surface area contributed by atoms with E-state index in [-0.39, 0.29) is 10.6 Å². The van der Waals surface area contributed by atoms with Crippen LogP contribution in [0.1, 0.15) is 39.8 Å². The number of nitrogens with zero attached hydrogens (tertiary/aromatic N) is 4. The minimum atomic E-state index is -3.52. The van der Waals surface area contributed by atoms with Crippen molar-refractivity contribution in [1.29, 1.82) is 5.26 Å². The molecule has 1 saturated heterocycles. The molecule has 0 N–H and O–H groups in total.